The Balaban J connectivity index is 1.69. The van der Waals surface area contributed by atoms with Crippen molar-refractivity contribution >= 4 is 34.5 Å². The maximum absolute atomic E-state index is 12.9. The van der Waals surface area contributed by atoms with Gasteiger partial charge in [-0.3, -0.25) is 4.79 Å². The number of thiophene rings is 1. The lowest BCUT2D eigenvalue weighted by molar-refractivity contribution is 0.0672. The van der Waals surface area contributed by atoms with Crippen LogP contribution in [0.25, 0.3) is 5.65 Å². The Morgan fingerprint density at radius 2 is 2.30 bits per heavy atom. The summed E-state index contributed by atoms with van der Waals surface area (Å²) in [6.45, 7) is 4.91. The predicted molar refractivity (Wildman–Crippen MR) is 90.2 cm³/mol. The van der Waals surface area contributed by atoms with Crippen LogP contribution in [0.15, 0.2) is 23.8 Å². The zero-order valence-corrected chi connectivity index (χ0v) is 14.4. The van der Waals surface area contributed by atoms with E-state index in [4.69, 9.17) is 11.6 Å². The summed E-state index contributed by atoms with van der Waals surface area (Å²) in [6.07, 6.45) is 4.11. The molecule has 4 rings (SSSR count). The second-order valence-corrected chi connectivity index (χ2v) is 7.19. The molecule has 1 aliphatic heterocycles. The van der Waals surface area contributed by atoms with Gasteiger partial charge in [0.15, 0.2) is 11.3 Å². The van der Waals surface area contributed by atoms with Crippen LogP contribution in [-0.4, -0.2) is 31.9 Å². The summed E-state index contributed by atoms with van der Waals surface area (Å²) < 4.78 is 1.55. The first-order valence-electron chi connectivity index (χ1n) is 7.43. The molecule has 3 aromatic heterocycles. The van der Waals surface area contributed by atoms with Crippen molar-refractivity contribution < 1.29 is 4.79 Å². The van der Waals surface area contributed by atoms with Crippen LogP contribution in [0.1, 0.15) is 39.5 Å². The van der Waals surface area contributed by atoms with Crippen LogP contribution in [0.3, 0.4) is 0 Å². The standard InChI is InChI=1S/C16H15ClN4OS/c1-9-8-23-13-3-4-20(10(2)15(9)13)16(22)12-5-14-18-6-11(17)7-21(14)19-12/h5-8,10H,3-4H2,1-2H3. The lowest BCUT2D eigenvalue weighted by Crippen LogP contribution is -2.38. The number of hydrogen-bond donors (Lipinski definition) is 0. The number of nitrogens with zero attached hydrogens (tertiary/aromatic N) is 4. The van der Waals surface area contributed by atoms with E-state index in [0.717, 1.165) is 13.0 Å². The Morgan fingerprint density at radius 3 is 3.13 bits per heavy atom. The van der Waals surface area contributed by atoms with Gasteiger partial charge in [-0.05, 0) is 36.8 Å². The number of aromatic nitrogens is 3. The highest BCUT2D eigenvalue weighted by Crippen LogP contribution is 2.36. The number of carbonyl (C=O) groups is 1. The SMILES string of the molecule is Cc1csc2c1C(C)N(C(=O)c1cc3ncc(Cl)cn3n1)CC2. The molecule has 0 aromatic carbocycles. The second-order valence-electron chi connectivity index (χ2n) is 5.78. The number of amides is 1. The highest BCUT2D eigenvalue weighted by Gasteiger charge is 2.31. The molecule has 0 aliphatic carbocycles. The molecule has 118 valence electrons. The minimum absolute atomic E-state index is 0.0598. The lowest BCUT2D eigenvalue weighted by Gasteiger charge is -2.33. The first-order valence-corrected chi connectivity index (χ1v) is 8.69. The third-order valence-electron chi connectivity index (χ3n) is 4.33. The van der Waals surface area contributed by atoms with Crippen molar-refractivity contribution in [1.29, 1.82) is 0 Å². The van der Waals surface area contributed by atoms with E-state index in [0.29, 0.717) is 16.4 Å². The van der Waals surface area contributed by atoms with Gasteiger partial charge in [-0.15, -0.1) is 11.3 Å². The Hall–Kier alpha value is -1.92. The topological polar surface area (TPSA) is 50.5 Å². The average molecular weight is 347 g/mol. The van der Waals surface area contributed by atoms with Gasteiger partial charge in [-0.2, -0.15) is 5.10 Å². The quantitative estimate of drug-likeness (QED) is 0.677. The highest BCUT2D eigenvalue weighted by atomic mass is 35.5. The van der Waals surface area contributed by atoms with Crippen molar-refractivity contribution in [2.24, 2.45) is 0 Å². The van der Waals surface area contributed by atoms with E-state index in [1.165, 1.54) is 16.0 Å². The normalized spacial score (nSPS) is 17.5. The van der Waals surface area contributed by atoms with E-state index in [2.05, 4.69) is 29.3 Å². The van der Waals surface area contributed by atoms with Crippen molar-refractivity contribution in [2.75, 3.05) is 6.54 Å². The molecule has 0 N–H and O–H groups in total. The molecule has 1 aliphatic rings. The first kappa shape index (κ1) is 14.7. The molecule has 0 bridgehead atoms. The summed E-state index contributed by atoms with van der Waals surface area (Å²) in [5.41, 5.74) is 3.58. The molecule has 0 saturated carbocycles. The summed E-state index contributed by atoms with van der Waals surface area (Å²) >= 11 is 7.71. The molecule has 1 atom stereocenters. The molecule has 4 heterocycles. The summed E-state index contributed by atoms with van der Waals surface area (Å²) in [5.74, 6) is -0.0598. The van der Waals surface area contributed by atoms with E-state index in [1.807, 2.05) is 4.90 Å². The Morgan fingerprint density at radius 1 is 1.48 bits per heavy atom. The van der Waals surface area contributed by atoms with Crippen LogP contribution >= 0.6 is 22.9 Å². The number of hydrogen-bond acceptors (Lipinski definition) is 4. The minimum Gasteiger partial charge on any atom is -0.330 e. The zero-order valence-electron chi connectivity index (χ0n) is 12.8. The molecule has 7 heteroatoms. The minimum atomic E-state index is -0.0598. The van der Waals surface area contributed by atoms with Gasteiger partial charge in [0.1, 0.15) is 0 Å². The van der Waals surface area contributed by atoms with Crippen LogP contribution in [0.2, 0.25) is 5.02 Å². The van der Waals surface area contributed by atoms with Gasteiger partial charge in [-0.25, -0.2) is 9.50 Å². The van der Waals surface area contributed by atoms with Crippen molar-refractivity contribution in [2.45, 2.75) is 26.3 Å². The third kappa shape index (κ3) is 2.33. The zero-order chi connectivity index (χ0) is 16.1. The molecule has 5 nitrogen and oxygen atoms in total. The number of aryl methyl sites for hydroxylation is 1. The van der Waals surface area contributed by atoms with Crippen molar-refractivity contribution in [3.05, 3.63) is 50.6 Å². The Kier molecular flexibility index (Phi) is 3.39. The predicted octanol–water partition coefficient (Wildman–Crippen LogP) is 3.51. The summed E-state index contributed by atoms with van der Waals surface area (Å²) in [4.78, 5) is 20.4. The van der Waals surface area contributed by atoms with Gasteiger partial charge >= 0.3 is 0 Å². The van der Waals surface area contributed by atoms with Gasteiger partial charge in [0.05, 0.1) is 17.3 Å². The smallest absolute Gasteiger partial charge is 0.274 e. The maximum Gasteiger partial charge on any atom is 0.274 e. The van der Waals surface area contributed by atoms with Gasteiger partial charge in [0, 0.05) is 23.7 Å². The van der Waals surface area contributed by atoms with Crippen LogP contribution in [0.5, 0.6) is 0 Å². The van der Waals surface area contributed by atoms with Gasteiger partial charge in [0.2, 0.25) is 0 Å². The van der Waals surface area contributed by atoms with Crippen molar-refractivity contribution in [3.8, 4) is 0 Å². The van der Waals surface area contributed by atoms with Gasteiger partial charge < -0.3 is 4.90 Å². The molecule has 0 radical (unpaired) electrons. The molecule has 0 fully saturated rings. The maximum atomic E-state index is 12.9. The average Bonchev–Trinajstić information content (AvgIpc) is 3.11. The molecule has 0 saturated heterocycles. The van der Waals surface area contributed by atoms with Crippen LogP contribution in [-0.2, 0) is 6.42 Å². The molecule has 1 amide bonds. The fraction of sp³-hybridized carbons (Fsp3) is 0.312. The molecular formula is C16H15ClN4OS. The summed E-state index contributed by atoms with van der Waals surface area (Å²) in [5, 5.41) is 6.99. The van der Waals surface area contributed by atoms with Crippen molar-refractivity contribution in [3.63, 3.8) is 0 Å². The second kappa shape index (κ2) is 5.32. The molecule has 0 spiro atoms. The number of rotatable bonds is 1. The van der Waals surface area contributed by atoms with E-state index >= 15 is 0 Å². The highest BCUT2D eigenvalue weighted by molar-refractivity contribution is 7.10. The van der Waals surface area contributed by atoms with E-state index < -0.39 is 0 Å². The van der Waals surface area contributed by atoms with Crippen molar-refractivity contribution in [1.82, 2.24) is 19.5 Å². The van der Waals surface area contributed by atoms with Gasteiger partial charge in [0.25, 0.3) is 5.91 Å². The largest absolute Gasteiger partial charge is 0.330 e. The Bertz CT molecular complexity index is 916. The molecule has 1 unspecified atom stereocenters. The molecule has 23 heavy (non-hydrogen) atoms. The van der Waals surface area contributed by atoms with E-state index in [-0.39, 0.29) is 11.9 Å². The van der Waals surface area contributed by atoms with E-state index in [1.54, 1.807) is 34.3 Å². The third-order valence-corrected chi connectivity index (χ3v) is 5.71. The molecular weight excluding hydrogens is 332 g/mol. The first-order chi connectivity index (χ1) is 11.0. The lowest BCUT2D eigenvalue weighted by atomic mass is 9.97. The summed E-state index contributed by atoms with van der Waals surface area (Å²) in [7, 11) is 0. The fourth-order valence-corrected chi connectivity index (χ4v) is 4.47. The van der Waals surface area contributed by atoms with Crippen LogP contribution < -0.4 is 0 Å². The van der Waals surface area contributed by atoms with Crippen LogP contribution in [0.4, 0.5) is 0 Å². The van der Waals surface area contributed by atoms with Gasteiger partial charge in [-0.1, -0.05) is 11.6 Å². The summed E-state index contributed by atoms with van der Waals surface area (Å²) in [6, 6.07) is 1.78. The molecule has 3 aromatic rings. The number of halogens is 1. The van der Waals surface area contributed by atoms with Crippen LogP contribution in [0, 0.1) is 6.92 Å². The number of carbonyl (C=O) groups excluding carboxylic acids is 1. The Labute approximate surface area is 142 Å². The fourth-order valence-electron chi connectivity index (χ4n) is 3.22. The van der Waals surface area contributed by atoms with E-state index in [9.17, 15) is 4.79 Å². The monoisotopic (exact) mass is 346 g/mol. The number of fused-ring (bicyclic) bond motifs is 2.